The molecule has 0 fully saturated rings. The van der Waals surface area contributed by atoms with Gasteiger partial charge in [0.25, 0.3) is 0 Å². The van der Waals surface area contributed by atoms with Crippen molar-refractivity contribution in [1.82, 2.24) is 19.7 Å². The summed E-state index contributed by atoms with van der Waals surface area (Å²) in [6, 6.07) is 1.42. The molecule has 0 N–H and O–H groups in total. The number of hydrogen-bond acceptors (Lipinski definition) is 6. The fraction of sp³-hybridized carbons (Fsp3) is 0.333. The van der Waals surface area contributed by atoms with E-state index in [0.717, 1.165) is 22.6 Å². The van der Waals surface area contributed by atoms with Gasteiger partial charge < -0.3 is 4.74 Å². The molecule has 0 aromatic carbocycles. The molecule has 22 heavy (non-hydrogen) atoms. The lowest BCUT2D eigenvalue weighted by atomic mass is 10.4. The Balaban J connectivity index is 2.11. The molecule has 2 heterocycles. The Kier molecular flexibility index (Phi) is 5.01. The predicted molar refractivity (Wildman–Crippen MR) is 71.5 cm³/mol. The van der Waals surface area contributed by atoms with Crippen molar-refractivity contribution < 1.29 is 22.7 Å². The second-order valence-corrected chi connectivity index (χ2v) is 4.90. The number of aromatic nitrogens is 4. The van der Waals surface area contributed by atoms with Crippen molar-refractivity contribution in [1.29, 1.82) is 0 Å². The first-order valence-corrected chi connectivity index (χ1v) is 7.12. The minimum atomic E-state index is -4.47. The molecule has 0 unspecified atom stereocenters. The predicted octanol–water partition coefficient (Wildman–Crippen LogP) is 2.34. The second kappa shape index (κ2) is 6.77. The van der Waals surface area contributed by atoms with Crippen molar-refractivity contribution in [2.24, 2.45) is 0 Å². The number of thioether (sulfide) groups is 1. The summed E-state index contributed by atoms with van der Waals surface area (Å²) in [5, 5.41) is 3.87. The molecule has 0 aliphatic carbocycles. The smallest absolute Gasteiger partial charge is 0.419 e. The van der Waals surface area contributed by atoms with Crippen molar-refractivity contribution in [2.45, 2.75) is 18.3 Å². The van der Waals surface area contributed by atoms with Gasteiger partial charge in [-0.15, -0.1) is 0 Å². The molecular formula is C12H11F3N4O2S. The fourth-order valence-corrected chi connectivity index (χ4v) is 2.07. The normalized spacial score (nSPS) is 11.5. The summed E-state index contributed by atoms with van der Waals surface area (Å²) < 4.78 is 43.4. The second-order valence-electron chi connectivity index (χ2n) is 3.96. The summed E-state index contributed by atoms with van der Waals surface area (Å²) in [6.45, 7) is 1.96. The molecule has 0 amide bonds. The molecular weight excluding hydrogens is 321 g/mol. The number of carbonyl (C=O) groups is 1. The SMILES string of the molecule is CCOC(=O)CSc1nccc(-n2cc(C(F)(F)F)cn2)n1. The highest BCUT2D eigenvalue weighted by Crippen LogP contribution is 2.29. The number of halogens is 3. The van der Waals surface area contributed by atoms with Crippen LogP contribution in [0.4, 0.5) is 13.2 Å². The third-order valence-corrected chi connectivity index (χ3v) is 3.22. The molecule has 0 saturated carbocycles. The van der Waals surface area contributed by atoms with Gasteiger partial charge in [0.1, 0.15) is 0 Å². The van der Waals surface area contributed by atoms with Gasteiger partial charge in [0.05, 0.1) is 24.1 Å². The van der Waals surface area contributed by atoms with E-state index in [1.165, 1.54) is 12.3 Å². The molecule has 2 aromatic heterocycles. The first kappa shape index (κ1) is 16.3. The van der Waals surface area contributed by atoms with Gasteiger partial charge in [-0.25, -0.2) is 14.6 Å². The minimum absolute atomic E-state index is 0.0181. The molecule has 2 aromatic rings. The molecule has 10 heteroatoms. The van der Waals surface area contributed by atoms with Crippen LogP contribution >= 0.6 is 11.8 Å². The molecule has 2 rings (SSSR count). The number of rotatable bonds is 5. The van der Waals surface area contributed by atoms with Crippen LogP contribution in [0.5, 0.6) is 0 Å². The van der Waals surface area contributed by atoms with Crippen molar-refractivity contribution in [3.05, 3.63) is 30.2 Å². The van der Waals surface area contributed by atoms with Crippen LogP contribution in [0.1, 0.15) is 12.5 Å². The third-order valence-electron chi connectivity index (χ3n) is 2.39. The van der Waals surface area contributed by atoms with Crippen LogP contribution < -0.4 is 0 Å². The van der Waals surface area contributed by atoms with Gasteiger partial charge in [0.15, 0.2) is 11.0 Å². The third kappa shape index (κ3) is 4.20. The summed E-state index contributed by atoms with van der Waals surface area (Å²) in [4.78, 5) is 19.2. The molecule has 6 nitrogen and oxygen atoms in total. The Bertz CT molecular complexity index is 660. The van der Waals surface area contributed by atoms with Crippen LogP contribution in [0, 0.1) is 0 Å². The van der Waals surface area contributed by atoms with Crippen molar-refractivity contribution in [3.63, 3.8) is 0 Å². The van der Waals surface area contributed by atoms with Crippen LogP contribution in [0.2, 0.25) is 0 Å². The highest BCUT2D eigenvalue weighted by Gasteiger charge is 2.32. The fourth-order valence-electron chi connectivity index (χ4n) is 1.45. The Labute approximate surface area is 127 Å². The van der Waals surface area contributed by atoms with Gasteiger partial charge in [0, 0.05) is 18.5 Å². The molecule has 0 spiro atoms. The van der Waals surface area contributed by atoms with E-state index in [-0.39, 0.29) is 23.3 Å². The minimum Gasteiger partial charge on any atom is -0.465 e. The van der Waals surface area contributed by atoms with Crippen LogP contribution in [0.15, 0.2) is 29.8 Å². The molecule has 0 aliphatic rings. The highest BCUT2D eigenvalue weighted by atomic mass is 32.2. The van der Waals surface area contributed by atoms with E-state index in [1.807, 2.05) is 0 Å². The van der Waals surface area contributed by atoms with E-state index in [0.29, 0.717) is 6.20 Å². The molecule has 0 atom stereocenters. The van der Waals surface area contributed by atoms with E-state index in [2.05, 4.69) is 15.1 Å². The van der Waals surface area contributed by atoms with Gasteiger partial charge in [0.2, 0.25) is 0 Å². The number of esters is 1. The van der Waals surface area contributed by atoms with Crippen molar-refractivity contribution in [2.75, 3.05) is 12.4 Å². The number of alkyl halides is 3. The first-order chi connectivity index (χ1) is 10.4. The van der Waals surface area contributed by atoms with Gasteiger partial charge in [-0.2, -0.15) is 18.3 Å². The summed E-state index contributed by atoms with van der Waals surface area (Å²) in [5.74, 6) is -0.221. The Morgan fingerprint density at radius 1 is 1.45 bits per heavy atom. The largest absolute Gasteiger partial charge is 0.465 e. The quantitative estimate of drug-likeness (QED) is 0.475. The standard InChI is InChI=1S/C12H11F3N4O2S/c1-2-21-10(20)7-22-11-16-4-3-9(18-11)19-6-8(5-17-19)12(13,14)15/h3-6H,2,7H2,1H3. The lowest BCUT2D eigenvalue weighted by Crippen LogP contribution is -2.07. The average Bonchev–Trinajstić information content (AvgIpc) is 2.96. The zero-order valence-corrected chi connectivity index (χ0v) is 12.2. The zero-order valence-electron chi connectivity index (χ0n) is 11.4. The number of nitrogens with zero attached hydrogens (tertiary/aromatic N) is 4. The van der Waals surface area contributed by atoms with Crippen LogP contribution in [-0.4, -0.2) is 38.1 Å². The maximum Gasteiger partial charge on any atom is 0.419 e. The Morgan fingerprint density at radius 3 is 2.86 bits per heavy atom. The van der Waals surface area contributed by atoms with Crippen LogP contribution in [0.3, 0.4) is 0 Å². The maximum atomic E-state index is 12.5. The molecule has 118 valence electrons. The average molecular weight is 332 g/mol. The van der Waals surface area contributed by atoms with Gasteiger partial charge in [-0.05, 0) is 6.92 Å². The lowest BCUT2D eigenvalue weighted by molar-refractivity contribution is -0.140. The van der Waals surface area contributed by atoms with E-state index in [9.17, 15) is 18.0 Å². The van der Waals surface area contributed by atoms with Crippen LogP contribution in [-0.2, 0) is 15.7 Å². The van der Waals surface area contributed by atoms with E-state index in [1.54, 1.807) is 6.92 Å². The summed E-state index contributed by atoms with van der Waals surface area (Å²) >= 11 is 1.03. The topological polar surface area (TPSA) is 69.9 Å². The molecule has 0 bridgehead atoms. The number of carbonyl (C=O) groups excluding carboxylic acids is 1. The summed E-state index contributed by atoms with van der Waals surface area (Å²) in [6.07, 6.45) is -1.53. The highest BCUT2D eigenvalue weighted by molar-refractivity contribution is 7.99. The van der Waals surface area contributed by atoms with Gasteiger partial charge >= 0.3 is 12.1 Å². The van der Waals surface area contributed by atoms with E-state index in [4.69, 9.17) is 4.74 Å². The lowest BCUT2D eigenvalue weighted by Gasteiger charge is -2.04. The number of ether oxygens (including phenoxy) is 1. The van der Waals surface area contributed by atoms with E-state index < -0.39 is 17.7 Å². The van der Waals surface area contributed by atoms with Gasteiger partial charge in [-0.1, -0.05) is 11.8 Å². The maximum absolute atomic E-state index is 12.5. The summed E-state index contributed by atoms with van der Waals surface area (Å²) in [5.41, 5.74) is -0.869. The molecule has 0 radical (unpaired) electrons. The van der Waals surface area contributed by atoms with E-state index >= 15 is 0 Å². The first-order valence-electron chi connectivity index (χ1n) is 6.14. The monoisotopic (exact) mass is 332 g/mol. The number of hydrogen-bond donors (Lipinski definition) is 0. The summed E-state index contributed by atoms with van der Waals surface area (Å²) in [7, 11) is 0. The Hall–Kier alpha value is -2.10. The van der Waals surface area contributed by atoms with Crippen LogP contribution in [0.25, 0.3) is 5.82 Å². The Morgan fingerprint density at radius 2 is 2.23 bits per heavy atom. The molecule has 0 saturated heterocycles. The van der Waals surface area contributed by atoms with Crippen molar-refractivity contribution in [3.8, 4) is 5.82 Å². The molecule has 0 aliphatic heterocycles. The van der Waals surface area contributed by atoms with Gasteiger partial charge in [-0.3, -0.25) is 4.79 Å². The van der Waals surface area contributed by atoms with Crippen molar-refractivity contribution >= 4 is 17.7 Å². The zero-order chi connectivity index (χ0) is 16.2.